The molecule has 1 aromatic heterocycles. The van der Waals surface area contributed by atoms with Crippen molar-refractivity contribution in [3.05, 3.63) is 22.3 Å². The molecular weight excluding hydrogens is 335 g/mol. The lowest BCUT2D eigenvalue weighted by Crippen LogP contribution is -2.38. The summed E-state index contributed by atoms with van der Waals surface area (Å²) in [6.45, 7) is 0. The summed E-state index contributed by atoms with van der Waals surface area (Å²) < 4.78 is 63.7. The minimum atomic E-state index is -4.42. The van der Waals surface area contributed by atoms with Gasteiger partial charge in [0.1, 0.15) is 11.9 Å². The molecule has 1 saturated carbocycles. The van der Waals surface area contributed by atoms with E-state index in [4.69, 9.17) is 0 Å². The molecule has 0 amide bonds. The summed E-state index contributed by atoms with van der Waals surface area (Å²) >= 11 is 2.89. The fourth-order valence-corrected chi connectivity index (χ4v) is 2.15. The van der Waals surface area contributed by atoms with Crippen LogP contribution >= 0.6 is 15.9 Å². The predicted molar refractivity (Wildman–Crippen MR) is 63.1 cm³/mol. The largest absolute Gasteiger partial charge is 0.408 e. The van der Waals surface area contributed by atoms with Gasteiger partial charge in [-0.05, 0) is 40.8 Å². The van der Waals surface area contributed by atoms with Gasteiger partial charge in [-0.15, -0.1) is 0 Å². The van der Waals surface area contributed by atoms with Gasteiger partial charge in [0, 0.05) is 16.2 Å². The molecule has 1 heterocycles. The van der Waals surface area contributed by atoms with Gasteiger partial charge < -0.3 is 5.32 Å². The summed E-state index contributed by atoms with van der Waals surface area (Å²) in [4.78, 5) is 3.69. The number of anilines is 1. The molecule has 8 heteroatoms. The second kappa shape index (κ2) is 5.22. The molecule has 0 unspecified atom stereocenters. The van der Waals surface area contributed by atoms with Gasteiger partial charge in [-0.25, -0.2) is 13.8 Å². The van der Waals surface area contributed by atoms with E-state index in [1.165, 1.54) is 0 Å². The molecule has 1 aliphatic rings. The normalized spacial score (nSPS) is 17.6. The lowest BCUT2D eigenvalue weighted by molar-refractivity contribution is -0.146. The highest BCUT2D eigenvalue weighted by Crippen LogP contribution is 2.41. The van der Waals surface area contributed by atoms with Gasteiger partial charge >= 0.3 is 6.18 Å². The molecule has 1 fully saturated rings. The highest BCUT2D eigenvalue weighted by molar-refractivity contribution is 9.10. The Morgan fingerprint density at radius 2 is 1.95 bits per heavy atom. The third-order valence-corrected chi connectivity index (χ3v) is 3.53. The molecule has 1 N–H and O–H groups in total. The molecule has 1 aromatic rings. The molecule has 106 valence electrons. The van der Waals surface area contributed by atoms with Crippen LogP contribution in [0.15, 0.2) is 16.7 Å². The third-order valence-electron chi connectivity index (χ3n) is 2.87. The number of nitrogens with zero attached hydrogens (tertiary/aromatic N) is 1. The number of nitrogens with one attached hydrogen (secondary N) is 1. The first-order valence-corrected chi connectivity index (χ1v) is 6.35. The third kappa shape index (κ3) is 3.55. The van der Waals surface area contributed by atoms with Gasteiger partial charge in [0.05, 0.1) is 0 Å². The van der Waals surface area contributed by atoms with Crippen molar-refractivity contribution in [1.29, 1.82) is 0 Å². The first-order chi connectivity index (χ1) is 8.79. The zero-order valence-corrected chi connectivity index (χ0v) is 11.1. The molecule has 1 atom stereocenters. The Labute approximate surface area is 114 Å². The number of halogens is 6. The molecule has 0 radical (unpaired) electrons. The minimum absolute atomic E-state index is 0.0723. The van der Waals surface area contributed by atoms with Crippen LogP contribution in [0.4, 0.5) is 27.8 Å². The van der Waals surface area contributed by atoms with Gasteiger partial charge in [-0.1, -0.05) is 0 Å². The standard InChI is InChI=1S/C11H10BrF5N2/c12-7-4-18-8(3-6(7)10(13)14)19-9(5-1-2-5)11(15,16)17/h3-5,9-10H,1-2H2,(H,18,19)/t9-/m1/s1. The van der Waals surface area contributed by atoms with Gasteiger partial charge in [0.25, 0.3) is 6.43 Å². The second-order valence-corrected chi connectivity index (χ2v) is 5.25. The molecule has 0 bridgehead atoms. The van der Waals surface area contributed by atoms with E-state index in [-0.39, 0.29) is 15.9 Å². The van der Waals surface area contributed by atoms with E-state index in [1.54, 1.807) is 0 Å². The van der Waals surface area contributed by atoms with Crippen molar-refractivity contribution in [3.8, 4) is 0 Å². The molecule has 19 heavy (non-hydrogen) atoms. The summed E-state index contributed by atoms with van der Waals surface area (Å²) in [5, 5.41) is 2.21. The molecule has 0 saturated heterocycles. The van der Waals surface area contributed by atoms with E-state index in [0.717, 1.165) is 12.3 Å². The maximum absolute atomic E-state index is 12.8. The molecule has 0 spiro atoms. The smallest absolute Gasteiger partial charge is 0.358 e. The van der Waals surface area contributed by atoms with Crippen molar-refractivity contribution in [2.24, 2.45) is 5.92 Å². The van der Waals surface area contributed by atoms with Crippen LogP contribution in [-0.2, 0) is 0 Å². The molecule has 0 aliphatic heterocycles. The Hall–Kier alpha value is -0.920. The van der Waals surface area contributed by atoms with Crippen molar-refractivity contribution < 1.29 is 22.0 Å². The Bertz CT molecular complexity index is 459. The van der Waals surface area contributed by atoms with Gasteiger partial charge in [-0.3, -0.25) is 0 Å². The van der Waals surface area contributed by atoms with Gasteiger partial charge in [-0.2, -0.15) is 13.2 Å². The molecule has 0 aromatic carbocycles. The number of alkyl halides is 5. The highest BCUT2D eigenvalue weighted by atomic mass is 79.9. The average molecular weight is 345 g/mol. The van der Waals surface area contributed by atoms with Crippen molar-refractivity contribution in [2.45, 2.75) is 31.5 Å². The zero-order chi connectivity index (χ0) is 14.2. The maximum atomic E-state index is 12.8. The Balaban J connectivity index is 2.20. The first-order valence-electron chi connectivity index (χ1n) is 5.56. The van der Waals surface area contributed by atoms with Crippen molar-refractivity contribution in [1.82, 2.24) is 4.98 Å². The van der Waals surface area contributed by atoms with E-state index in [2.05, 4.69) is 26.2 Å². The van der Waals surface area contributed by atoms with E-state index in [1.807, 2.05) is 0 Å². The Kier molecular flexibility index (Phi) is 3.98. The fourth-order valence-electron chi connectivity index (χ4n) is 1.76. The SMILES string of the molecule is FC(F)c1cc(N[C@H](C2CC2)C(F)(F)F)ncc1Br. The summed E-state index contributed by atoms with van der Waals surface area (Å²) in [6, 6.07) is -0.790. The van der Waals surface area contributed by atoms with Crippen LogP contribution in [0, 0.1) is 5.92 Å². The van der Waals surface area contributed by atoms with E-state index in [0.29, 0.717) is 12.8 Å². The lowest BCUT2D eigenvalue weighted by Gasteiger charge is -2.22. The zero-order valence-electron chi connectivity index (χ0n) is 9.52. The summed E-state index contributed by atoms with van der Waals surface area (Å²) in [7, 11) is 0. The van der Waals surface area contributed by atoms with Crippen LogP contribution in [0.25, 0.3) is 0 Å². The van der Waals surface area contributed by atoms with Crippen molar-refractivity contribution in [3.63, 3.8) is 0 Å². The molecule has 2 nitrogen and oxygen atoms in total. The fraction of sp³-hybridized carbons (Fsp3) is 0.545. The minimum Gasteiger partial charge on any atom is -0.358 e. The first kappa shape index (κ1) is 14.5. The van der Waals surface area contributed by atoms with E-state index >= 15 is 0 Å². The van der Waals surface area contributed by atoms with Crippen LogP contribution in [-0.4, -0.2) is 17.2 Å². The number of pyridine rings is 1. The molecule has 2 rings (SSSR count). The van der Waals surface area contributed by atoms with Gasteiger partial charge in [0.15, 0.2) is 0 Å². The predicted octanol–water partition coefficient (Wildman–Crippen LogP) is 4.53. The van der Waals surface area contributed by atoms with Crippen molar-refractivity contribution >= 4 is 21.7 Å². The maximum Gasteiger partial charge on any atom is 0.408 e. The van der Waals surface area contributed by atoms with Crippen LogP contribution in [0.3, 0.4) is 0 Å². The second-order valence-electron chi connectivity index (χ2n) is 4.39. The van der Waals surface area contributed by atoms with Crippen LogP contribution in [0.1, 0.15) is 24.8 Å². The number of aromatic nitrogens is 1. The van der Waals surface area contributed by atoms with Crippen LogP contribution in [0.2, 0.25) is 0 Å². The van der Waals surface area contributed by atoms with Crippen molar-refractivity contribution in [2.75, 3.05) is 5.32 Å². The lowest BCUT2D eigenvalue weighted by atomic mass is 10.1. The number of hydrogen-bond donors (Lipinski definition) is 1. The van der Waals surface area contributed by atoms with Crippen LogP contribution < -0.4 is 5.32 Å². The number of hydrogen-bond acceptors (Lipinski definition) is 2. The average Bonchev–Trinajstić information content (AvgIpc) is 3.09. The van der Waals surface area contributed by atoms with E-state index in [9.17, 15) is 22.0 Å². The highest BCUT2D eigenvalue weighted by Gasteiger charge is 2.49. The van der Waals surface area contributed by atoms with E-state index < -0.39 is 24.6 Å². The topological polar surface area (TPSA) is 24.9 Å². The van der Waals surface area contributed by atoms with Gasteiger partial charge in [0.2, 0.25) is 0 Å². The Morgan fingerprint density at radius 1 is 1.32 bits per heavy atom. The quantitative estimate of drug-likeness (QED) is 0.811. The molecule has 1 aliphatic carbocycles. The Morgan fingerprint density at radius 3 is 2.42 bits per heavy atom. The monoisotopic (exact) mass is 344 g/mol. The summed E-state index contributed by atoms with van der Waals surface area (Å²) in [5.41, 5.74) is -0.380. The van der Waals surface area contributed by atoms with Crippen LogP contribution in [0.5, 0.6) is 0 Å². The molecular formula is C11H10BrF5N2. The number of rotatable bonds is 4. The summed E-state index contributed by atoms with van der Waals surface area (Å²) in [5.74, 6) is -0.687. The summed E-state index contributed by atoms with van der Waals surface area (Å²) in [6.07, 6.45) is -5.15.